The molecule has 272 valence electrons. The molecule has 13 heteroatoms. The van der Waals surface area contributed by atoms with Gasteiger partial charge < -0.3 is 41.4 Å². The highest BCUT2D eigenvalue weighted by molar-refractivity contribution is 5.94. The highest BCUT2D eigenvalue weighted by Gasteiger charge is 2.32. The van der Waals surface area contributed by atoms with Crippen molar-refractivity contribution in [3.63, 3.8) is 0 Å². The Bertz CT molecular complexity index is 1450. The normalized spacial score (nSPS) is 23.4. The van der Waals surface area contributed by atoms with E-state index >= 15 is 0 Å². The van der Waals surface area contributed by atoms with Crippen LogP contribution in [0.5, 0.6) is 11.5 Å². The Morgan fingerprint density at radius 3 is 2.38 bits per heavy atom. The lowest BCUT2D eigenvalue weighted by Crippen LogP contribution is -2.58. The molecule has 13 nitrogen and oxygen atoms in total. The first-order valence-electron chi connectivity index (χ1n) is 17.6. The molecule has 2 aliphatic rings. The van der Waals surface area contributed by atoms with Gasteiger partial charge in [0.05, 0.1) is 13.0 Å². The van der Waals surface area contributed by atoms with Crippen LogP contribution >= 0.6 is 0 Å². The van der Waals surface area contributed by atoms with E-state index < -0.39 is 29.9 Å². The number of methoxy groups -OCH3 is 1. The van der Waals surface area contributed by atoms with E-state index in [0.717, 1.165) is 24.1 Å². The zero-order valence-corrected chi connectivity index (χ0v) is 29.3. The van der Waals surface area contributed by atoms with Crippen LogP contribution in [-0.2, 0) is 36.8 Å². The minimum absolute atomic E-state index is 0.179. The van der Waals surface area contributed by atoms with Crippen molar-refractivity contribution in [2.45, 2.75) is 76.9 Å². The van der Waals surface area contributed by atoms with Crippen molar-refractivity contribution in [1.29, 1.82) is 0 Å². The molecule has 1 saturated heterocycles. The number of hydrogen-bond acceptors (Lipinski definition) is 8. The lowest BCUT2D eigenvalue weighted by atomic mass is 9.97. The van der Waals surface area contributed by atoms with Gasteiger partial charge in [-0.3, -0.25) is 24.0 Å². The van der Waals surface area contributed by atoms with E-state index in [-0.39, 0.29) is 55.6 Å². The van der Waals surface area contributed by atoms with Crippen molar-refractivity contribution >= 4 is 29.5 Å². The van der Waals surface area contributed by atoms with Crippen LogP contribution in [0.15, 0.2) is 48.5 Å². The summed E-state index contributed by atoms with van der Waals surface area (Å²) in [6, 6.07) is 12.0. The van der Waals surface area contributed by atoms with E-state index in [9.17, 15) is 24.0 Å². The van der Waals surface area contributed by atoms with Gasteiger partial charge in [-0.2, -0.15) is 0 Å². The van der Waals surface area contributed by atoms with Crippen molar-refractivity contribution in [1.82, 2.24) is 31.9 Å². The van der Waals surface area contributed by atoms with Crippen molar-refractivity contribution < 1.29 is 33.4 Å². The summed E-state index contributed by atoms with van der Waals surface area (Å²) in [4.78, 5) is 67.1. The molecule has 6 N–H and O–H groups in total. The van der Waals surface area contributed by atoms with E-state index in [2.05, 4.69) is 31.9 Å². The van der Waals surface area contributed by atoms with Crippen LogP contribution in [-0.4, -0.2) is 87.6 Å². The van der Waals surface area contributed by atoms with E-state index in [4.69, 9.17) is 9.47 Å². The molecule has 0 aliphatic carbocycles. The molecular weight excluding hydrogens is 640 g/mol. The minimum Gasteiger partial charge on any atom is -0.493 e. The number of rotatable bonds is 6. The van der Waals surface area contributed by atoms with Crippen LogP contribution in [0.1, 0.15) is 57.1 Å². The number of benzene rings is 2. The molecule has 0 aromatic heterocycles. The minimum atomic E-state index is -1.02. The van der Waals surface area contributed by atoms with E-state index in [1.165, 1.54) is 7.11 Å². The number of piperidine rings is 1. The van der Waals surface area contributed by atoms with E-state index in [0.29, 0.717) is 50.3 Å². The molecule has 2 bridgehead atoms. The predicted molar refractivity (Wildman–Crippen MR) is 188 cm³/mol. The Kier molecular flexibility index (Phi) is 14.9. The Labute approximate surface area is 294 Å². The Morgan fingerprint density at radius 2 is 1.66 bits per heavy atom. The van der Waals surface area contributed by atoms with Gasteiger partial charge in [-0.05, 0) is 74.2 Å². The molecule has 50 heavy (non-hydrogen) atoms. The summed E-state index contributed by atoms with van der Waals surface area (Å²) in [6.07, 6.45) is 3.57. The third kappa shape index (κ3) is 11.7. The van der Waals surface area contributed by atoms with Crippen LogP contribution < -0.4 is 41.4 Å². The van der Waals surface area contributed by atoms with Gasteiger partial charge in [0, 0.05) is 26.1 Å². The lowest BCUT2D eigenvalue weighted by molar-refractivity contribution is -0.135. The van der Waals surface area contributed by atoms with Crippen molar-refractivity contribution in [2.75, 3.05) is 39.9 Å². The fourth-order valence-electron chi connectivity index (χ4n) is 6.09. The van der Waals surface area contributed by atoms with Gasteiger partial charge in [0.2, 0.25) is 23.6 Å². The van der Waals surface area contributed by atoms with Crippen molar-refractivity contribution in [3.8, 4) is 11.5 Å². The first kappa shape index (κ1) is 38.2. The number of nitrogens with one attached hydrogen (secondary N) is 6. The largest absolute Gasteiger partial charge is 0.493 e. The molecule has 2 aromatic rings. The fraction of sp³-hybridized carbons (Fsp3) is 0.541. The quantitative estimate of drug-likeness (QED) is 0.263. The number of hydrogen-bond donors (Lipinski definition) is 6. The van der Waals surface area contributed by atoms with Crippen molar-refractivity contribution in [3.05, 3.63) is 59.7 Å². The number of fused-ring (bicyclic) bond motifs is 2. The third-order valence-corrected chi connectivity index (χ3v) is 8.98. The second-order valence-electron chi connectivity index (χ2n) is 13.2. The molecule has 2 heterocycles. The lowest BCUT2D eigenvalue weighted by Gasteiger charge is -2.28. The van der Waals surface area contributed by atoms with Crippen LogP contribution in [0.2, 0.25) is 0 Å². The molecule has 2 aromatic carbocycles. The maximum atomic E-state index is 13.9. The monoisotopic (exact) mass is 692 g/mol. The second-order valence-corrected chi connectivity index (χ2v) is 13.2. The Morgan fingerprint density at radius 1 is 0.900 bits per heavy atom. The topological polar surface area (TPSA) is 176 Å². The van der Waals surface area contributed by atoms with Crippen LogP contribution in [0.4, 0.5) is 0 Å². The van der Waals surface area contributed by atoms with Gasteiger partial charge >= 0.3 is 0 Å². The molecule has 0 saturated carbocycles. The molecule has 4 rings (SSSR count). The van der Waals surface area contributed by atoms with Gasteiger partial charge in [-0.1, -0.05) is 50.2 Å². The van der Waals surface area contributed by atoms with Gasteiger partial charge in [-0.15, -0.1) is 0 Å². The third-order valence-electron chi connectivity index (χ3n) is 8.98. The molecule has 2 aliphatic heterocycles. The van der Waals surface area contributed by atoms with Crippen LogP contribution in [0, 0.1) is 11.8 Å². The molecule has 1 fully saturated rings. The number of amides is 5. The molecule has 4 atom stereocenters. The number of carbonyl (C=O) groups is 5. The van der Waals surface area contributed by atoms with Gasteiger partial charge in [0.15, 0.2) is 18.1 Å². The highest BCUT2D eigenvalue weighted by Crippen LogP contribution is 2.28. The summed E-state index contributed by atoms with van der Waals surface area (Å²) < 4.78 is 11.2. The average molecular weight is 693 g/mol. The summed E-state index contributed by atoms with van der Waals surface area (Å²) in [7, 11) is 1.52. The second kappa shape index (κ2) is 19.5. The predicted octanol–water partition coefficient (Wildman–Crippen LogP) is 1.39. The zero-order chi connectivity index (χ0) is 35.9. The number of carbonyl (C=O) groups excluding carboxylic acids is 5. The fourth-order valence-corrected chi connectivity index (χ4v) is 6.09. The molecule has 0 spiro atoms. The average Bonchev–Trinajstić information content (AvgIpc) is 3.12. The maximum Gasteiger partial charge on any atom is 0.257 e. The maximum absolute atomic E-state index is 13.9. The Balaban J connectivity index is 1.58. The zero-order valence-electron chi connectivity index (χ0n) is 29.3. The summed E-state index contributed by atoms with van der Waals surface area (Å²) in [5.74, 6) is -1.54. The summed E-state index contributed by atoms with van der Waals surface area (Å²) in [5, 5.41) is 17.7. The molecular formula is C37H52N6O7. The SMILES string of the molecule is COc1ccc2cc1OCC(=O)NCCCC(NC(=O)[C@@H]1CCCNC1)C(=O)N[C@@H](Cc1ccccc1)C(=O)N[C@H](C(C)C)C(=O)NCCC2. The smallest absolute Gasteiger partial charge is 0.257 e. The molecule has 0 radical (unpaired) electrons. The highest BCUT2D eigenvalue weighted by atomic mass is 16.5. The van der Waals surface area contributed by atoms with E-state index in [1.807, 2.05) is 56.3 Å². The Hall–Kier alpha value is -4.65. The first-order valence-corrected chi connectivity index (χ1v) is 17.6. The summed E-state index contributed by atoms with van der Waals surface area (Å²) >= 11 is 0. The van der Waals surface area contributed by atoms with Gasteiger partial charge in [-0.25, -0.2) is 0 Å². The van der Waals surface area contributed by atoms with Crippen LogP contribution in [0.3, 0.4) is 0 Å². The molecule has 5 amide bonds. The van der Waals surface area contributed by atoms with Crippen LogP contribution in [0.25, 0.3) is 0 Å². The molecule has 1 unspecified atom stereocenters. The van der Waals surface area contributed by atoms with Gasteiger partial charge in [0.1, 0.15) is 18.1 Å². The summed E-state index contributed by atoms with van der Waals surface area (Å²) in [6.45, 7) is 5.42. The number of ether oxygens (including phenoxy) is 2. The van der Waals surface area contributed by atoms with E-state index in [1.54, 1.807) is 6.07 Å². The first-order chi connectivity index (χ1) is 24.1. The number of aryl methyl sites for hydroxylation is 1. The van der Waals surface area contributed by atoms with Gasteiger partial charge in [0.25, 0.3) is 5.91 Å². The standard InChI is InChI=1S/C37H52N6O7/c1-24(2)33-37(48)40-19-7-12-26-15-16-30(49-3)31(21-26)50-23-32(44)39-18-9-14-28(41-34(45)27-13-8-17-38-22-27)35(46)42-29(36(47)43-33)20-25-10-5-4-6-11-25/h4-6,10-11,15-16,21,24,27-29,33,38H,7-9,12-14,17-20,22-23H2,1-3H3,(H,39,44)(H,40,48)(H,41,45)(H,42,46)(H,43,47)/t27-,28?,29+,33-/m1/s1. The van der Waals surface area contributed by atoms with Crippen molar-refractivity contribution in [2.24, 2.45) is 11.8 Å². The summed E-state index contributed by atoms with van der Waals surface area (Å²) in [5.41, 5.74) is 1.77.